The van der Waals surface area contributed by atoms with Gasteiger partial charge in [0.2, 0.25) is 0 Å². The van der Waals surface area contributed by atoms with E-state index < -0.39 is 18.4 Å². The maximum absolute atomic E-state index is 14.1. The first-order valence-electron chi connectivity index (χ1n) is 9.89. The van der Waals surface area contributed by atoms with Crippen molar-refractivity contribution in [3.63, 3.8) is 0 Å². The van der Waals surface area contributed by atoms with Gasteiger partial charge in [-0.2, -0.15) is 0 Å². The van der Waals surface area contributed by atoms with Gasteiger partial charge in [0.05, 0.1) is 26.4 Å². The third-order valence-corrected chi connectivity index (χ3v) is 8.66. The summed E-state index contributed by atoms with van der Waals surface area (Å²) >= 11 is 0. The quantitative estimate of drug-likeness (QED) is 0.360. The third kappa shape index (κ3) is 2.67. The fourth-order valence-electron chi connectivity index (χ4n) is 4.87. The minimum atomic E-state index is -3.62. The number of hydrogen-bond donors (Lipinski definition) is 0. The lowest BCUT2D eigenvalue weighted by atomic mass is 9.85. The monoisotopic (exact) mass is 415 g/mol. The number of ether oxygens (including phenoxy) is 1. The van der Waals surface area contributed by atoms with Crippen LogP contribution in [0.4, 0.5) is 0 Å². The van der Waals surface area contributed by atoms with Gasteiger partial charge in [-0.05, 0) is 25.0 Å². The lowest BCUT2D eigenvalue weighted by Crippen LogP contribution is -2.56. The van der Waals surface area contributed by atoms with Gasteiger partial charge >= 0.3 is 13.6 Å². The first-order valence-corrected chi connectivity index (χ1v) is 11.4. The van der Waals surface area contributed by atoms with Gasteiger partial charge in [-0.15, -0.1) is 0 Å². The molecule has 2 aromatic carbocycles. The molecule has 4 atom stereocenters. The number of nitrogens with zero attached hydrogens (tertiary/aromatic N) is 1. The van der Waals surface area contributed by atoms with Gasteiger partial charge in [0.1, 0.15) is 5.54 Å². The second-order valence-corrected chi connectivity index (χ2v) is 9.54. The fourth-order valence-corrected chi connectivity index (χ4v) is 7.51. The molecule has 29 heavy (non-hydrogen) atoms. The lowest BCUT2D eigenvalue weighted by molar-refractivity contribution is -0.150. The molecule has 6 nitrogen and oxygen atoms in total. The molecule has 2 heterocycles. The van der Waals surface area contributed by atoms with Crippen LogP contribution in [0, 0.1) is 0 Å². The van der Waals surface area contributed by atoms with E-state index in [0.29, 0.717) is 6.42 Å². The highest BCUT2D eigenvalue weighted by atomic mass is 31.2. The van der Waals surface area contributed by atoms with Gasteiger partial charge in [-0.25, -0.2) is 4.79 Å². The number of hydrogen-bond acceptors (Lipinski definition) is 6. The standard InChI is InChI=1S/C22H26NO5P/c1-4-27-29(25,28-5-2)22(18-14-10-7-11-15-18)16-21(20(24)26-3)19(23(21)22)17-12-8-6-9-13-17/h6-15,19H,4-5,16H2,1-3H3/t19-,21+,22+,23?/m1/s1. The Hall–Kier alpha value is -1.98. The summed E-state index contributed by atoms with van der Waals surface area (Å²) in [5.41, 5.74) is 0.953. The number of methoxy groups -OCH3 is 1. The summed E-state index contributed by atoms with van der Waals surface area (Å²) in [5.74, 6) is -0.322. The molecular formula is C22H26NO5P. The normalized spacial score (nSPS) is 30.2. The van der Waals surface area contributed by atoms with E-state index in [1.54, 1.807) is 13.8 Å². The molecule has 0 aromatic heterocycles. The van der Waals surface area contributed by atoms with Crippen molar-refractivity contribution in [1.82, 2.24) is 4.90 Å². The highest BCUT2D eigenvalue weighted by Crippen LogP contribution is 2.85. The van der Waals surface area contributed by atoms with Crippen LogP contribution >= 0.6 is 7.60 Å². The SMILES string of the molecule is CCOP(=O)(OCC)[C@]1(c2ccccc2)C[C@@]2(C(=O)OC)[C@@H](c3ccccc3)N12. The van der Waals surface area contributed by atoms with E-state index in [0.717, 1.165) is 11.1 Å². The zero-order valence-corrected chi connectivity index (χ0v) is 17.8. The van der Waals surface area contributed by atoms with Crippen LogP contribution in [0.3, 0.4) is 0 Å². The average molecular weight is 415 g/mol. The van der Waals surface area contributed by atoms with Crippen molar-refractivity contribution in [2.75, 3.05) is 20.3 Å². The summed E-state index contributed by atoms with van der Waals surface area (Å²) in [6, 6.07) is 19.1. The van der Waals surface area contributed by atoms with E-state index in [-0.39, 0.29) is 25.2 Å². The molecular weight excluding hydrogens is 389 g/mol. The highest BCUT2D eigenvalue weighted by molar-refractivity contribution is 7.55. The van der Waals surface area contributed by atoms with Crippen molar-refractivity contribution in [2.45, 2.75) is 37.1 Å². The van der Waals surface area contributed by atoms with Gasteiger partial charge in [0, 0.05) is 6.42 Å². The minimum absolute atomic E-state index is 0.245. The Morgan fingerprint density at radius 3 is 2.10 bits per heavy atom. The largest absolute Gasteiger partial charge is 0.468 e. The molecule has 2 aromatic rings. The van der Waals surface area contributed by atoms with E-state index >= 15 is 0 Å². The van der Waals surface area contributed by atoms with Crippen molar-refractivity contribution in [3.05, 3.63) is 71.8 Å². The molecule has 0 N–H and O–H groups in total. The fraction of sp³-hybridized carbons (Fsp3) is 0.409. The van der Waals surface area contributed by atoms with Gasteiger partial charge in [0.15, 0.2) is 5.28 Å². The predicted molar refractivity (Wildman–Crippen MR) is 109 cm³/mol. The molecule has 0 spiro atoms. The van der Waals surface area contributed by atoms with Crippen LogP contribution in [-0.4, -0.2) is 36.7 Å². The summed E-state index contributed by atoms with van der Waals surface area (Å²) in [5, 5.41) is -1.03. The summed E-state index contributed by atoms with van der Waals surface area (Å²) in [7, 11) is -2.23. The zero-order chi connectivity index (χ0) is 20.7. The van der Waals surface area contributed by atoms with Crippen LogP contribution in [0.2, 0.25) is 0 Å². The summed E-state index contributed by atoms with van der Waals surface area (Å²) in [6.45, 7) is 4.10. The zero-order valence-electron chi connectivity index (χ0n) is 16.9. The van der Waals surface area contributed by atoms with Crippen molar-refractivity contribution in [2.24, 2.45) is 0 Å². The topological polar surface area (TPSA) is 64.8 Å². The second kappa shape index (κ2) is 7.37. The molecule has 4 rings (SSSR count). The number of carbonyl (C=O) groups is 1. The summed E-state index contributed by atoms with van der Waals surface area (Å²) in [4.78, 5) is 14.8. The van der Waals surface area contributed by atoms with Crippen LogP contribution in [-0.2, 0) is 28.4 Å². The molecule has 2 aliphatic rings. The van der Waals surface area contributed by atoms with Gasteiger partial charge in [0.25, 0.3) is 0 Å². The molecule has 154 valence electrons. The maximum Gasteiger partial charge on any atom is 0.355 e. The number of benzene rings is 2. The van der Waals surface area contributed by atoms with Crippen molar-refractivity contribution >= 4 is 13.6 Å². The maximum atomic E-state index is 14.1. The Kier molecular flexibility index (Phi) is 5.16. The molecule has 1 unspecified atom stereocenters. The Morgan fingerprint density at radius 1 is 1.03 bits per heavy atom. The van der Waals surface area contributed by atoms with Crippen LogP contribution in [0.5, 0.6) is 0 Å². The average Bonchev–Trinajstić information content (AvgIpc) is 3.30. The Morgan fingerprint density at radius 2 is 1.59 bits per heavy atom. The second-order valence-electron chi connectivity index (χ2n) is 7.29. The molecule has 2 fully saturated rings. The molecule has 7 heteroatoms. The number of carbonyl (C=O) groups excluding carboxylic acids is 1. The van der Waals surface area contributed by atoms with Crippen molar-refractivity contribution in [1.29, 1.82) is 0 Å². The van der Waals surface area contributed by atoms with Gasteiger partial charge < -0.3 is 13.8 Å². The predicted octanol–water partition coefficient (Wildman–Crippen LogP) is 4.48. The number of esters is 1. The van der Waals surface area contributed by atoms with E-state index in [4.69, 9.17) is 13.8 Å². The van der Waals surface area contributed by atoms with E-state index in [1.807, 2.05) is 65.6 Å². The molecule has 0 amide bonds. The van der Waals surface area contributed by atoms with E-state index in [9.17, 15) is 9.36 Å². The smallest absolute Gasteiger partial charge is 0.355 e. The number of rotatable bonds is 8. The molecule has 2 aliphatic heterocycles. The molecule has 0 aliphatic carbocycles. The summed E-state index contributed by atoms with van der Waals surface area (Å²) in [6.07, 6.45) is 0.313. The number of fused-ring (bicyclic) bond motifs is 1. The highest BCUT2D eigenvalue weighted by Gasteiger charge is 2.89. The lowest BCUT2D eigenvalue weighted by Gasteiger charge is -2.49. The van der Waals surface area contributed by atoms with Crippen LogP contribution in [0.25, 0.3) is 0 Å². The molecule has 0 bridgehead atoms. The Balaban J connectivity index is 1.88. The third-order valence-electron chi connectivity index (χ3n) is 5.93. The first-order chi connectivity index (χ1) is 14.0. The van der Waals surface area contributed by atoms with Crippen LogP contribution in [0.15, 0.2) is 60.7 Å². The Bertz CT molecular complexity index is 927. The van der Waals surface area contributed by atoms with E-state index in [1.165, 1.54) is 7.11 Å². The first kappa shape index (κ1) is 20.3. The molecule has 2 saturated heterocycles. The Labute approximate surface area is 171 Å². The minimum Gasteiger partial charge on any atom is -0.468 e. The van der Waals surface area contributed by atoms with Crippen LogP contribution < -0.4 is 0 Å². The van der Waals surface area contributed by atoms with Crippen molar-refractivity contribution in [3.8, 4) is 0 Å². The van der Waals surface area contributed by atoms with Crippen molar-refractivity contribution < 1.29 is 23.1 Å². The van der Waals surface area contributed by atoms with Gasteiger partial charge in [-0.3, -0.25) is 9.46 Å². The molecule has 0 saturated carbocycles. The summed E-state index contributed by atoms with van der Waals surface area (Å²) < 4.78 is 30.9. The van der Waals surface area contributed by atoms with Crippen LogP contribution in [0.1, 0.15) is 37.4 Å². The van der Waals surface area contributed by atoms with E-state index in [2.05, 4.69) is 0 Å². The van der Waals surface area contributed by atoms with Gasteiger partial charge in [-0.1, -0.05) is 60.7 Å². The molecule has 0 radical (unpaired) electrons.